The lowest BCUT2D eigenvalue weighted by Crippen LogP contribution is -2.04. The number of carbonyl (C=O) groups is 1. The summed E-state index contributed by atoms with van der Waals surface area (Å²) < 4.78 is 10.2. The van der Waals surface area contributed by atoms with Crippen LogP contribution in [-0.4, -0.2) is 16.1 Å². The van der Waals surface area contributed by atoms with E-state index in [1.807, 2.05) is 31.2 Å². The van der Waals surface area contributed by atoms with Gasteiger partial charge in [-0.25, -0.2) is 4.79 Å². The number of hydrogen-bond donors (Lipinski definition) is 1. The molecule has 5 heteroatoms. The van der Waals surface area contributed by atoms with Crippen molar-refractivity contribution < 1.29 is 14.1 Å². The van der Waals surface area contributed by atoms with Crippen molar-refractivity contribution in [2.24, 2.45) is 0 Å². The summed E-state index contributed by atoms with van der Waals surface area (Å²) >= 11 is 0. The van der Waals surface area contributed by atoms with Crippen LogP contribution in [0.1, 0.15) is 21.8 Å². The molecule has 1 N–H and O–H groups in total. The molecule has 19 heavy (non-hydrogen) atoms. The second-order valence-corrected chi connectivity index (χ2v) is 4.26. The molecule has 5 nitrogen and oxygen atoms in total. The van der Waals surface area contributed by atoms with Gasteiger partial charge < -0.3 is 14.2 Å². The molecule has 0 radical (unpaired) electrons. The number of para-hydroxylation sites is 1. The van der Waals surface area contributed by atoms with E-state index >= 15 is 0 Å². The van der Waals surface area contributed by atoms with Gasteiger partial charge >= 0.3 is 5.97 Å². The molecule has 0 aliphatic heterocycles. The number of benzene rings is 1. The first-order chi connectivity index (χ1) is 9.24. The molecule has 0 spiro atoms. The predicted molar refractivity (Wildman–Crippen MR) is 68.7 cm³/mol. The Morgan fingerprint density at radius 3 is 3.05 bits per heavy atom. The Bertz CT molecular complexity index is 727. The molecule has 2 heterocycles. The van der Waals surface area contributed by atoms with Crippen LogP contribution in [0.15, 0.2) is 41.1 Å². The van der Waals surface area contributed by atoms with Gasteiger partial charge in [0.2, 0.25) is 0 Å². The number of fused-ring (bicyclic) bond motifs is 1. The third-order valence-corrected chi connectivity index (χ3v) is 2.83. The minimum Gasteiger partial charge on any atom is -0.454 e. The highest BCUT2D eigenvalue weighted by Gasteiger charge is 2.14. The van der Waals surface area contributed by atoms with Crippen molar-refractivity contribution in [3.8, 4) is 0 Å². The number of aryl methyl sites for hydroxylation is 1. The Balaban J connectivity index is 1.77. The van der Waals surface area contributed by atoms with Crippen LogP contribution in [0, 0.1) is 6.92 Å². The summed E-state index contributed by atoms with van der Waals surface area (Å²) in [6.07, 6.45) is 1.65. The average molecular weight is 256 g/mol. The minimum absolute atomic E-state index is 0.0825. The average Bonchev–Trinajstić information content (AvgIpc) is 3.02. The first kappa shape index (κ1) is 11.5. The molecular formula is C14H12N2O3. The third kappa shape index (κ3) is 2.22. The molecule has 2 aromatic heterocycles. The Kier molecular flexibility index (Phi) is 2.79. The largest absolute Gasteiger partial charge is 0.454 e. The molecule has 0 aliphatic carbocycles. The van der Waals surface area contributed by atoms with Crippen LogP contribution in [0.2, 0.25) is 0 Å². The molecule has 0 fully saturated rings. The van der Waals surface area contributed by atoms with E-state index in [1.165, 1.54) is 0 Å². The van der Waals surface area contributed by atoms with Gasteiger partial charge in [-0.3, -0.25) is 0 Å². The smallest absolute Gasteiger partial charge is 0.340 e. The lowest BCUT2D eigenvalue weighted by atomic mass is 10.2. The number of rotatable bonds is 3. The maximum Gasteiger partial charge on any atom is 0.340 e. The fraction of sp³-hybridized carbons (Fsp3) is 0.143. The standard InChI is InChI=1S/C14H12N2O3/c1-9-6-10(19-16-9)8-18-14(17)12-7-15-13-5-3-2-4-11(12)13/h2-7,15H,8H2,1H3. The van der Waals surface area contributed by atoms with Gasteiger partial charge in [-0.05, 0) is 13.0 Å². The number of carbonyl (C=O) groups excluding carboxylic acids is 1. The zero-order chi connectivity index (χ0) is 13.2. The number of esters is 1. The molecular weight excluding hydrogens is 244 g/mol. The van der Waals surface area contributed by atoms with E-state index in [2.05, 4.69) is 10.1 Å². The molecule has 0 unspecified atom stereocenters. The second-order valence-electron chi connectivity index (χ2n) is 4.26. The van der Waals surface area contributed by atoms with E-state index in [-0.39, 0.29) is 12.6 Å². The van der Waals surface area contributed by atoms with Gasteiger partial charge in [0, 0.05) is 23.2 Å². The summed E-state index contributed by atoms with van der Waals surface area (Å²) in [5, 5.41) is 4.58. The van der Waals surface area contributed by atoms with Crippen molar-refractivity contribution in [2.75, 3.05) is 0 Å². The Hall–Kier alpha value is -2.56. The van der Waals surface area contributed by atoms with Gasteiger partial charge in [0.1, 0.15) is 0 Å². The topological polar surface area (TPSA) is 68.1 Å². The van der Waals surface area contributed by atoms with Gasteiger partial charge in [-0.1, -0.05) is 23.4 Å². The fourth-order valence-electron chi connectivity index (χ4n) is 1.94. The molecule has 96 valence electrons. The third-order valence-electron chi connectivity index (χ3n) is 2.83. The van der Waals surface area contributed by atoms with Crippen LogP contribution in [0.4, 0.5) is 0 Å². The summed E-state index contributed by atoms with van der Waals surface area (Å²) in [5.74, 6) is 0.150. The SMILES string of the molecule is Cc1cc(COC(=O)c2c[nH]c3ccccc23)on1. The van der Waals surface area contributed by atoms with Crippen molar-refractivity contribution in [2.45, 2.75) is 13.5 Å². The summed E-state index contributed by atoms with van der Waals surface area (Å²) in [7, 11) is 0. The van der Waals surface area contributed by atoms with E-state index in [1.54, 1.807) is 12.3 Å². The van der Waals surface area contributed by atoms with Gasteiger partial charge in [-0.15, -0.1) is 0 Å². The van der Waals surface area contributed by atoms with Crippen molar-refractivity contribution in [1.82, 2.24) is 10.1 Å². The number of hydrogen-bond acceptors (Lipinski definition) is 4. The second kappa shape index (κ2) is 4.61. The van der Waals surface area contributed by atoms with E-state index in [0.717, 1.165) is 16.6 Å². The van der Waals surface area contributed by atoms with E-state index < -0.39 is 0 Å². The van der Waals surface area contributed by atoms with E-state index in [0.29, 0.717) is 11.3 Å². The maximum atomic E-state index is 12.0. The zero-order valence-electron chi connectivity index (χ0n) is 10.3. The lowest BCUT2D eigenvalue weighted by molar-refractivity contribution is 0.0440. The van der Waals surface area contributed by atoms with Gasteiger partial charge in [0.25, 0.3) is 0 Å². The van der Waals surface area contributed by atoms with E-state index in [4.69, 9.17) is 9.26 Å². The van der Waals surface area contributed by atoms with Crippen LogP contribution in [0.3, 0.4) is 0 Å². The highest BCUT2D eigenvalue weighted by atomic mass is 16.5. The monoisotopic (exact) mass is 256 g/mol. The van der Waals surface area contributed by atoms with Crippen LogP contribution in [-0.2, 0) is 11.3 Å². The Morgan fingerprint density at radius 2 is 2.26 bits per heavy atom. The highest BCUT2D eigenvalue weighted by Crippen LogP contribution is 2.19. The van der Waals surface area contributed by atoms with Gasteiger partial charge in [0.15, 0.2) is 12.4 Å². The van der Waals surface area contributed by atoms with Crippen molar-refractivity contribution >= 4 is 16.9 Å². The number of H-pyrrole nitrogens is 1. The predicted octanol–water partition coefficient (Wildman–Crippen LogP) is 2.82. The lowest BCUT2D eigenvalue weighted by Gasteiger charge is -2.00. The van der Waals surface area contributed by atoms with Crippen LogP contribution in [0.25, 0.3) is 10.9 Å². The highest BCUT2D eigenvalue weighted by molar-refractivity contribution is 6.03. The van der Waals surface area contributed by atoms with Gasteiger partial charge in [0.05, 0.1) is 11.3 Å². The minimum atomic E-state index is -0.383. The van der Waals surface area contributed by atoms with Crippen molar-refractivity contribution in [1.29, 1.82) is 0 Å². The van der Waals surface area contributed by atoms with E-state index in [9.17, 15) is 4.79 Å². The number of aromatic nitrogens is 2. The normalized spacial score (nSPS) is 10.8. The Labute approximate surface area is 109 Å². The molecule has 0 saturated carbocycles. The number of ether oxygens (including phenoxy) is 1. The summed E-state index contributed by atoms with van der Waals surface area (Å²) in [4.78, 5) is 15.0. The van der Waals surface area contributed by atoms with Crippen molar-refractivity contribution in [3.63, 3.8) is 0 Å². The first-order valence-corrected chi connectivity index (χ1v) is 5.89. The fourth-order valence-corrected chi connectivity index (χ4v) is 1.94. The van der Waals surface area contributed by atoms with Crippen LogP contribution >= 0.6 is 0 Å². The summed E-state index contributed by atoms with van der Waals surface area (Å²) in [5.41, 5.74) is 2.19. The molecule has 0 amide bonds. The first-order valence-electron chi connectivity index (χ1n) is 5.89. The molecule has 3 aromatic rings. The van der Waals surface area contributed by atoms with Gasteiger partial charge in [-0.2, -0.15) is 0 Å². The zero-order valence-corrected chi connectivity index (χ0v) is 10.3. The number of aromatic amines is 1. The molecule has 0 atom stereocenters. The molecule has 1 aromatic carbocycles. The van der Waals surface area contributed by atoms with Crippen LogP contribution < -0.4 is 0 Å². The summed E-state index contributed by atoms with van der Waals surface area (Å²) in [6, 6.07) is 9.31. The Morgan fingerprint density at radius 1 is 1.42 bits per heavy atom. The van der Waals surface area contributed by atoms with Crippen LogP contribution in [0.5, 0.6) is 0 Å². The number of nitrogens with zero attached hydrogens (tertiary/aromatic N) is 1. The maximum absolute atomic E-state index is 12.0. The molecule has 0 aliphatic rings. The number of nitrogens with one attached hydrogen (secondary N) is 1. The molecule has 0 bridgehead atoms. The molecule has 3 rings (SSSR count). The summed E-state index contributed by atoms with van der Waals surface area (Å²) in [6.45, 7) is 1.90. The van der Waals surface area contributed by atoms with Crippen molar-refractivity contribution in [3.05, 3.63) is 53.5 Å². The molecule has 0 saturated heterocycles. The quantitative estimate of drug-likeness (QED) is 0.731.